The minimum atomic E-state index is 0.875. The largest absolute Gasteiger partial charge is 0.342 e. The molecule has 0 aliphatic carbocycles. The summed E-state index contributed by atoms with van der Waals surface area (Å²) < 4.78 is 2.16. The highest BCUT2D eigenvalue weighted by Crippen LogP contribution is 2.31. The maximum atomic E-state index is 5.07. The average molecular weight is 357 g/mol. The molecular weight excluding hydrogens is 334 g/mol. The quantitative estimate of drug-likeness (QED) is 0.528. The van der Waals surface area contributed by atoms with E-state index in [0.717, 1.165) is 47.0 Å². The Hall–Kier alpha value is -2.95. The SMILES string of the molecule is Cc1ccc2nc(N3CCCCC3)n3c(-c4ccccc4C)nnc3c2c1. The lowest BCUT2D eigenvalue weighted by molar-refractivity contribution is 0.567. The Morgan fingerprint density at radius 3 is 2.52 bits per heavy atom. The van der Waals surface area contributed by atoms with Crippen molar-refractivity contribution < 1.29 is 0 Å². The molecule has 5 nitrogen and oxygen atoms in total. The third kappa shape index (κ3) is 2.65. The van der Waals surface area contributed by atoms with E-state index >= 15 is 0 Å². The van der Waals surface area contributed by atoms with Crippen LogP contribution in [0.4, 0.5) is 5.95 Å². The Labute approximate surface area is 158 Å². The second kappa shape index (κ2) is 6.34. The molecule has 5 heteroatoms. The molecule has 3 heterocycles. The Morgan fingerprint density at radius 1 is 0.889 bits per heavy atom. The first-order chi connectivity index (χ1) is 13.2. The smallest absolute Gasteiger partial charge is 0.213 e. The molecule has 1 fully saturated rings. The highest BCUT2D eigenvalue weighted by Gasteiger charge is 2.22. The molecule has 27 heavy (non-hydrogen) atoms. The van der Waals surface area contributed by atoms with Crippen molar-refractivity contribution in [1.29, 1.82) is 0 Å². The summed E-state index contributed by atoms with van der Waals surface area (Å²) in [5.41, 5.74) is 5.38. The third-order valence-corrected chi connectivity index (χ3v) is 5.50. The van der Waals surface area contributed by atoms with Crippen molar-refractivity contribution >= 4 is 22.5 Å². The normalized spacial score (nSPS) is 15.0. The maximum absolute atomic E-state index is 5.07. The van der Waals surface area contributed by atoms with Crippen LogP contribution in [0.2, 0.25) is 0 Å². The van der Waals surface area contributed by atoms with Crippen LogP contribution in [0.15, 0.2) is 42.5 Å². The number of hydrogen-bond acceptors (Lipinski definition) is 4. The van der Waals surface area contributed by atoms with Crippen molar-refractivity contribution in [3.63, 3.8) is 0 Å². The van der Waals surface area contributed by atoms with Crippen LogP contribution < -0.4 is 4.90 Å². The minimum Gasteiger partial charge on any atom is -0.342 e. The van der Waals surface area contributed by atoms with Gasteiger partial charge in [0.15, 0.2) is 11.5 Å². The van der Waals surface area contributed by atoms with Crippen molar-refractivity contribution in [2.24, 2.45) is 0 Å². The lowest BCUT2D eigenvalue weighted by Crippen LogP contribution is -2.32. The molecule has 5 rings (SSSR count). The maximum Gasteiger partial charge on any atom is 0.213 e. The van der Waals surface area contributed by atoms with Gasteiger partial charge in [-0.3, -0.25) is 0 Å². The van der Waals surface area contributed by atoms with Crippen molar-refractivity contribution in [3.8, 4) is 11.4 Å². The van der Waals surface area contributed by atoms with Gasteiger partial charge < -0.3 is 4.90 Å². The molecule has 4 aromatic rings. The van der Waals surface area contributed by atoms with Crippen LogP contribution in [-0.4, -0.2) is 32.7 Å². The number of nitrogens with zero attached hydrogens (tertiary/aromatic N) is 5. The molecule has 1 aliphatic rings. The van der Waals surface area contributed by atoms with E-state index in [-0.39, 0.29) is 0 Å². The number of anilines is 1. The Balaban J connectivity index is 1.86. The van der Waals surface area contributed by atoms with Crippen LogP contribution in [0, 0.1) is 13.8 Å². The van der Waals surface area contributed by atoms with Gasteiger partial charge in [-0.1, -0.05) is 35.9 Å². The van der Waals surface area contributed by atoms with Gasteiger partial charge in [-0.2, -0.15) is 0 Å². The summed E-state index contributed by atoms with van der Waals surface area (Å²) in [6.07, 6.45) is 3.70. The second-order valence-electron chi connectivity index (χ2n) is 7.48. The number of piperidine rings is 1. The van der Waals surface area contributed by atoms with Gasteiger partial charge in [-0.15, -0.1) is 10.2 Å². The monoisotopic (exact) mass is 357 g/mol. The Bertz CT molecular complexity index is 1140. The molecule has 0 atom stereocenters. The molecular formula is C22H23N5. The van der Waals surface area contributed by atoms with Crippen molar-refractivity contribution in [1.82, 2.24) is 19.6 Å². The molecule has 0 unspecified atom stereocenters. The first-order valence-corrected chi connectivity index (χ1v) is 9.69. The van der Waals surface area contributed by atoms with Gasteiger partial charge in [0.1, 0.15) is 0 Å². The zero-order valence-corrected chi connectivity index (χ0v) is 15.8. The van der Waals surface area contributed by atoms with E-state index in [2.05, 4.69) is 75.8 Å². The lowest BCUT2D eigenvalue weighted by atomic mass is 10.1. The van der Waals surface area contributed by atoms with Crippen LogP contribution in [0.5, 0.6) is 0 Å². The van der Waals surface area contributed by atoms with Crippen molar-refractivity contribution in [2.45, 2.75) is 33.1 Å². The summed E-state index contributed by atoms with van der Waals surface area (Å²) in [6, 6.07) is 14.7. The predicted octanol–water partition coefficient (Wildman–Crippen LogP) is 4.55. The summed E-state index contributed by atoms with van der Waals surface area (Å²) in [5.74, 6) is 1.84. The summed E-state index contributed by atoms with van der Waals surface area (Å²) in [7, 11) is 0. The fourth-order valence-electron chi connectivity index (χ4n) is 4.04. The van der Waals surface area contributed by atoms with E-state index in [1.54, 1.807) is 0 Å². The van der Waals surface area contributed by atoms with Crippen LogP contribution in [0.3, 0.4) is 0 Å². The van der Waals surface area contributed by atoms with Crippen molar-refractivity contribution in [2.75, 3.05) is 18.0 Å². The molecule has 0 saturated carbocycles. The van der Waals surface area contributed by atoms with Gasteiger partial charge in [-0.25, -0.2) is 9.38 Å². The number of hydrogen-bond donors (Lipinski definition) is 0. The van der Waals surface area contributed by atoms with Gasteiger partial charge in [0, 0.05) is 24.0 Å². The van der Waals surface area contributed by atoms with E-state index in [4.69, 9.17) is 4.98 Å². The second-order valence-corrected chi connectivity index (χ2v) is 7.48. The summed E-state index contributed by atoms with van der Waals surface area (Å²) in [4.78, 5) is 7.45. The van der Waals surface area contributed by atoms with Crippen LogP contribution in [0.1, 0.15) is 30.4 Å². The molecule has 1 aliphatic heterocycles. The Kier molecular flexibility index (Phi) is 3.81. The van der Waals surface area contributed by atoms with E-state index in [0.29, 0.717) is 0 Å². The molecule has 2 aromatic heterocycles. The Morgan fingerprint density at radius 2 is 1.70 bits per heavy atom. The topological polar surface area (TPSA) is 46.3 Å². The molecule has 0 N–H and O–H groups in total. The highest BCUT2D eigenvalue weighted by atomic mass is 15.4. The fraction of sp³-hybridized carbons (Fsp3) is 0.318. The first kappa shape index (κ1) is 16.2. The van der Waals surface area contributed by atoms with Gasteiger partial charge in [0.05, 0.1) is 5.52 Å². The summed E-state index contributed by atoms with van der Waals surface area (Å²) in [5, 5.41) is 10.3. The van der Waals surface area contributed by atoms with Crippen LogP contribution >= 0.6 is 0 Å². The van der Waals surface area contributed by atoms with Gasteiger partial charge in [0.2, 0.25) is 5.95 Å². The number of fused-ring (bicyclic) bond motifs is 3. The van der Waals surface area contributed by atoms with E-state index in [9.17, 15) is 0 Å². The molecule has 0 spiro atoms. The van der Waals surface area contributed by atoms with Gasteiger partial charge >= 0.3 is 0 Å². The summed E-state index contributed by atoms with van der Waals surface area (Å²) >= 11 is 0. The highest BCUT2D eigenvalue weighted by molar-refractivity contribution is 5.94. The van der Waals surface area contributed by atoms with Gasteiger partial charge in [-0.05, 0) is 50.8 Å². The fourth-order valence-corrected chi connectivity index (χ4v) is 4.04. The molecule has 2 aromatic carbocycles. The number of aryl methyl sites for hydroxylation is 2. The van der Waals surface area contributed by atoms with Crippen LogP contribution in [-0.2, 0) is 0 Å². The molecule has 0 radical (unpaired) electrons. The molecule has 0 bridgehead atoms. The first-order valence-electron chi connectivity index (χ1n) is 9.69. The average Bonchev–Trinajstić information content (AvgIpc) is 3.14. The third-order valence-electron chi connectivity index (χ3n) is 5.50. The lowest BCUT2D eigenvalue weighted by Gasteiger charge is -2.28. The van der Waals surface area contributed by atoms with E-state index in [1.165, 1.54) is 30.4 Å². The summed E-state index contributed by atoms with van der Waals surface area (Å²) in [6.45, 7) is 6.29. The zero-order chi connectivity index (χ0) is 18.4. The predicted molar refractivity (Wildman–Crippen MR) is 109 cm³/mol. The van der Waals surface area contributed by atoms with Crippen LogP contribution in [0.25, 0.3) is 27.9 Å². The molecule has 1 saturated heterocycles. The standard InChI is InChI=1S/C22H23N5/c1-15-10-11-19-18(14-15)21-25-24-20(17-9-5-4-8-16(17)2)27(21)22(23-19)26-12-6-3-7-13-26/h4-5,8-11,14H,3,6-7,12-13H2,1-2H3. The minimum absolute atomic E-state index is 0.875. The number of aromatic nitrogens is 4. The van der Waals surface area contributed by atoms with E-state index in [1.807, 2.05) is 0 Å². The number of rotatable bonds is 2. The van der Waals surface area contributed by atoms with E-state index < -0.39 is 0 Å². The zero-order valence-electron chi connectivity index (χ0n) is 15.8. The molecule has 136 valence electrons. The van der Waals surface area contributed by atoms with Crippen molar-refractivity contribution in [3.05, 3.63) is 53.6 Å². The number of benzene rings is 2. The van der Waals surface area contributed by atoms with Gasteiger partial charge in [0.25, 0.3) is 0 Å². The molecule has 0 amide bonds.